The third-order valence-corrected chi connectivity index (χ3v) is 5.71. The van der Waals surface area contributed by atoms with Crippen molar-refractivity contribution in [3.05, 3.63) is 58.3 Å². The first-order chi connectivity index (χ1) is 13.3. The maximum absolute atomic E-state index is 5.95. The molecule has 2 aromatic rings. The summed E-state index contributed by atoms with van der Waals surface area (Å²) < 4.78 is 5.95. The summed E-state index contributed by atoms with van der Waals surface area (Å²) in [5.41, 5.74) is 2.62. The molecule has 0 bridgehead atoms. The Kier molecular flexibility index (Phi) is 10.3. The lowest BCUT2D eigenvalue weighted by atomic mass is 10.1. The van der Waals surface area contributed by atoms with Gasteiger partial charge in [0.15, 0.2) is 5.96 Å². The molecule has 0 saturated carbocycles. The third kappa shape index (κ3) is 7.04. The van der Waals surface area contributed by atoms with Gasteiger partial charge in [-0.1, -0.05) is 37.3 Å². The van der Waals surface area contributed by atoms with Crippen LogP contribution in [0.15, 0.2) is 52.2 Å². The number of likely N-dealkylation sites (tertiary alicyclic amines) is 1. The van der Waals surface area contributed by atoms with Gasteiger partial charge in [0.25, 0.3) is 0 Å². The smallest absolute Gasteiger partial charge is 0.193 e. The van der Waals surface area contributed by atoms with Crippen LogP contribution < -0.4 is 5.32 Å². The normalized spacial score (nSPS) is 18.0. The number of rotatable bonds is 8. The van der Waals surface area contributed by atoms with E-state index in [1.807, 2.05) is 6.07 Å². The Morgan fingerprint density at radius 3 is 2.86 bits per heavy atom. The van der Waals surface area contributed by atoms with Gasteiger partial charge < -0.3 is 15.0 Å². The molecule has 1 fully saturated rings. The molecular weight excluding hydrogens is 481 g/mol. The first-order valence-corrected chi connectivity index (χ1v) is 10.9. The summed E-state index contributed by atoms with van der Waals surface area (Å²) in [5.74, 6) is 2.08. The van der Waals surface area contributed by atoms with Crippen LogP contribution in [0.4, 0.5) is 0 Å². The average molecular weight is 513 g/mol. The van der Waals surface area contributed by atoms with Crippen LogP contribution in [0.1, 0.15) is 37.3 Å². The lowest BCUT2D eigenvalue weighted by molar-refractivity contribution is 0.0906. The number of hydrogen-bond acceptors (Lipinski definition) is 3. The molecule has 3 rings (SSSR count). The van der Waals surface area contributed by atoms with Crippen LogP contribution in [-0.2, 0) is 11.3 Å². The lowest BCUT2D eigenvalue weighted by Gasteiger charge is -2.22. The van der Waals surface area contributed by atoms with E-state index in [-0.39, 0.29) is 24.0 Å². The Labute approximate surface area is 190 Å². The summed E-state index contributed by atoms with van der Waals surface area (Å²) in [6.45, 7) is 9.70. The summed E-state index contributed by atoms with van der Waals surface area (Å²) in [4.78, 5) is 7.30. The predicted octanol–water partition coefficient (Wildman–Crippen LogP) is 4.97. The van der Waals surface area contributed by atoms with Gasteiger partial charge in [0, 0.05) is 38.0 Å². The SMILES string of the molecule is CCNC(=NCC(C)c1ccsc1)N1CCC(COCc2ccccc2)C1.I. The van der Waals surface area contributed by atoms with Crippen LogP contribution in [0.2, 0.25) is 0 Å². The minimum atomic E-state index is 0. The molecule has 154 valence electrons. The molecule has 1 aromatic heterocycles. The highest BCUT2D eigenvalue weighted by atomic mass is 127. The van der Waals surface area contributed by atoms with E-state index in [0.717, 1.165) is 38.7 Å². The summed E-state index contributed by atoms with van der Waals surface area (Å²) in [7, 11) is 0. The number of aliphatic imine (C=N–C) groups is 1. The standard InChI is InChI=1S/C22H31N3OS.HI/c1-3-23-22(24-13-18(2)21-10-12-27-17-21)25-11-9-20(14-25)16-26-15-19-7-5-4-6-8-19;/h4-8,10,12,17-18,20H,3,9,11,13-16H2,1-2H3,(H,23,24);1H. The molecule has 1 aromatic carbocycles. The van der Waals surface area contributed by atoms with Crippen molar-refractivity contribution in [2.75, 3.05) is 32.8 Å². The van der Waals surface area contributed by atoms with Crippen LogP contribution in [0.25, 0.3) is 0 Å². The number of hydrogen-bond donors (Lipinski definition) is 1. The molecule has 4 nitrogen and oxygen atoms in total. The van der Waals surface area contributed by atoms with Crippen LogP contribution in [-0.4, -0.2) is 43.6 Å². The Morgan fingerprint density at radius 2 is 2.14 bits per heavy atom. The number of halogens is 1. The van der Waals surface area contributed by atoms with Gasteiger partial charge in [-0.3, -0.25) is 4.99 Å². The number of thiophene rings is 1. The third-order valence-electron chi connectivity index (χ3n) is 5.01. The Hall–Kier alpha value is -1.12. The first kappa shape index (κ1) is 23.2. The highest BCUT2D eigenvalue weighted by Crippen LogP contribution is 2.20. The van der Waals surface area contributed by atoms with Crippen molar-refractivity contribution >= 4 is 41.3 Å². The van der Waals surface area contributed by atoms with Gasteiger partial charge in [-0.15, -0.1) is 24.0 Å². The van der Waals surface area contributed by atoms with Gasteiger partial charge in [0.1, 0.15) is 0 Å². The predicted molar refractivity (Wildman–Crippen MR) is 130 cm³/mol. The molecule has 6 heteroatoms. The van der Waals surface area contributed by atoms with Crippen LogP contribution in [0.3, 0.4) is 0 Å². The summed E-state index contributed by atoms with van der Waals surface area (Å²) in [5, 5.41) is 7.83. The molecule has 2 heterocycles. The van der Waals surface area contributed by atoms with Gasteiger partial charge in [-0.25, -0.2) is 0 Å². The zero-order valence-electron chi connectivity index (χ0n) is 16.8. The number of benzene rings is 1. The molecule has 0 amide bonds. The second-order valence-electron chi connectivity index (χ2n) is 7.25. The Morgan fingerprint density at radius 1 is 1.32 bits per heavy atom. The lowest BCUT2D eigenvalue weighted by Crippen LogP contribution is -2.40. The second kappa shape index (κ2) is 12.4. The second-order valence-corrected chi connectivity index (χ2v) is 8.03. The minimum absolute atomic E-state index is 0. The van der Waals surface area contributed by atoms with Crippen molar-refractivity contribution in [2.45, 2.75) is 32.8 Å². The van der Waals surface area contributed by atoms with Crippen molar-refractivity contribution in [3.8, 4) is 0 Å². The zero-order valence-corrected chi connectivity index (χ0v) is 20.0. The van der Waals surface area contributed by atoms with E-state index in [0.29, 0.717) is 18.4 Å². The fourth-order valence-corrected chi connectivity index (χ4v) is 4.17. The monoisotopic (exact) mass is 513 g/mol. The van der Waals surface area contributed by atoms with Crippen molar-refractivity contribution in [1.82, 2.24) is 10.2 Å². The van der Waals surface area contributed by atoms with Crippen LogP contribution in [0, 0.1) is 5.92 Å². The molecule has 1 aliphatic heterocycles. The maximum atomic E-state index is 5.95. The van der Waals surface area contributed by atoms with Crippen molar-refractivity contribution < 1.29 is 4.74 Å². The van der Waals surface area contributed by atoms with E-state index in [9.17, 15) is 0 Å². The average Bonchev–Trinajstić information content (AvgIpc) is 3.38. The fraction of sp³-hybridized carbons (Fsp3) is 0.500. The van der Waals surface area contributed by atoms with Crippen LogP contribution >= 0.6 is 35.3 Å². The van der Waals surface area contributed by atoms with Gasteiger partial charge in [-0.05, 0) is 41.3 Å². The number of ether oxygens (including phenoxy) is 1. The number of guanidine groups is 1. The minimum Gasteiger partial charge on any atom is -0.376 e. The molecule has 28 heavy (non-hydrogen) atoms. The topological polar surface area (TPSA) is 36.9 Å². The maximum Gasteiger partial charge on any atom is 0.193 e. The zero-order chi connectivity index (χ0) is 18.9. The summed E-state index contributed by atoms with van der Waals surface area (Å²) >= 11 is 1.76. The number of nitrogens with zero attached hydrogens (tertiary/aromatic N) is 2. The van der Waals surface area contributed by atoms with E-state index in [1.165, 1.54) is 17.5 Å². The molecule has 0 aliphatic carbocycles. The van der Waals surface area contributed by atoms with Crippen molar-refractivity contribution in [3.63, 3.8) is 0 Å². The highest BCUT2D eigenvalue weighted by molar-refractivity contribution is 14.0. The molecule has 0 spiro atoms. The van der Waals surface area contributed by atoms with Gasteiger partial charge in [0.05, 0.1) is 13.2 Å². The molecule has 0 radical (unpaired) electrons. The summed E-state index contributed by atoms with van der Waals surface area (Å²) in [6, 6.07) is 12.6. The van der Waals surface area contributed by atoms with E-state index in [4.69, 9.17) is 9.73 Å². The van der Waals surface area contributed by atoms with Crippen molar-refractivity contribution in [2.24, 2.45) is 10.9 Å². The fourth-order valence-electron chi connectivity index (χ4n) is 3.39. The van der Waals surface area contributed by atoms with E-state index in [2.05, 4.69) is 65.2 Å². The van der Waals surface area contributed by atoms with Crippen molar-refractivity contribution in [1.29, 1.82) is 0 Å². The Bertz CT molecular complexity index is 693. The molecule has 1 N–H and O–H groups in total. The largest absolute Gasteiger partial charge is 0.376 e. The molecule has 1 saturated heterocycles. The van der Waals surface area contributed by atoms with E-state index >= 15 is 0 Å². The first-order valence-electron chi connectivity index (χ1n) is 9.93. The van der Waals surface area contributed by atoms with Crippen LogP contribution in [0.5, 0.6) is 0 Å². The quantitative estimate of drug-likeness (QED) is 0.308. The molecule has 2 atom stereocenters. The Balaban J connectivity index is 0.00000280. The van der Waals surface area contributed by atoms with E-state index in [1.54, 1.807) is 11.3 Å². The van der Waals surface area contributed by atoms with E-state index < -0.39 is 0 Å². The summed E-state index contributed by atoms with van der Waals surface area (Å²) in [6.07, 6.45) is 1.17. The van der Waals surface area contributed by atoms with Gasteiger partial charge in [-0.2, -0.15) is 11.3 Å². The highest BCUT2D eigenvalue weighted by Gasteiger charge is 2.25. The van der Waals surface area contributed by atoms with Gasteiger partial charge in [0.2, 0.25) is 0 Å². The molecule has 2 unspecified atom stereocenters. The molecule has 1 aliphatic rings. The van der Waals surface area contributed by atoms with Gasteiger partial charge >= 0.3 is 0 Å². The number of nitrogens with one attached hydrogen (secondary N) is 1. The molecular formula is C22H32IN3OS.